The smallest absolute Gasteiger partial charge is 0.263 e. The number of nitrogens with one attached hydrogen (secondary N) is 2. The molecule has 8 nitrogen and oxygen atoms in total. The van der Waals surface area contributed by atoms with Crippen LogP contribution < -0.4 is 15.1 Å². The van der Waals surface area contributed by atoms with Crippen LogP contribution in [0.25, 0.3) is 22.3 Å². The Labute approximate surface area is 206 Å². The van der Waals surface area contributed by atoms with Gasteiger partial charge in [-0.15, -0.1) is 0 Å². The third-order valence-electron chi connectivity index (χ3n) is 6.61. The lowest BCUT2D eigenvalue weighted by molar-refractivity contribution is 0.0982. The molecule has 174 valence electrons. The molecule has 0 saturated carbocycles. The largest absolute Gasteiger partial charge is 0.355 e. The number of halogens is 2. The molecular weight excluding hydrogens is 473 g/mol. The van der Waals surface area contributed by atoms with E-state index in [4.69, 9.17) is 23.2 Å². The molecule has 34 heavy (non-hydrogen) atoms. The number of aromatic nitrogens is 4. The maximum Gasteiger partial charge on any atom is 0.263 e. The van der Waals surface area contributed by atoms with Crippen molar-refractivity contribution in [3.8, 4) is 11.3 Å². The van der Waals surface area contributed by atoms with E-state index in [1.807, 2.05) is 28.9 Å². The van der Waals surface area contributed by atoms with E-state index < -0.39 is 0 Å². The summed E-state index contributed by atoms with van der Waals surface area (Å²) in [6, 6.07) is 7.64. The fraction of sp³-hybridized carbons (Fsp3) is 0.292. The lowest BCUT2D eigenvalue weighted by Gasteiger charge is -2.36. The van der Waals surface area contributed by atoms with Crippen molar-refractivity contribution in [2.24, 2.45) is 0 Å². The van der Waals surface area contributed by atoms with Crippen molar-refractivity contribution in [2.75, 3.05) is 36.6 Å². The van der Waals surface area contributed by atoms with Crippen LogP contribution in [0.5, 0.6) is 0 Å². The molecule has 1 saturated heterocycles. The summed E-state index contributed by atoms with van der Waals surface area (Å²) in [5.41, 5.74) is 4.49. The number of para-hydroxylation sites is 1. The van der Waals surface area contributed by atoms with Crippen molar-refractivity contribution >= 4 is 51.5 Å². The number of amides is 1. The summed E-state index contributed by atoms with van der Waals surface area (Å²) in [5, 5.41) is 9.79. The molecule has 1 amide bonds. The molecule has 0 radical (unpaired) electrons. The van der Waals surface area contributed by atoms with Crippen molar-refractivity contribution in [3.63, 3.8) is 0 Å². The molecule has 10 heteroatoms. The molecule has 1 aromatic carbocycles. The van der Waals surface area contributed by atoms with Gasteiger partial charge in [0.05, 0.1) is 51.6 Å². The maximum atomic E-state index is 13.5. The fourth-order valence-electron chi connectivity index (χ4n) is 4.93. The van der Waals surface area contributed by atoms with Gasteiger partial charge in [-0.1, -0.05) is 29.3 Å². The van der Waals surface area contributed by atoms with Gasteiger partial charge in [0.15, 0.2) is 0 Å². The molecule has 0 aliphatic carbocycles. The predicted molar refractivity (Wildman–Crippen MR) is 135 cm³/mol. The minimum absolute atomic E-state index is 0.183. The topological polar surface area (TPSA) is 82.1 Å². The second kappa shape index (κ2) is 8.30. The number of H-pyrrole nitrogens is 1. The summed E-state index contributed by atoms with van der Waals surface area (Å²) in [7, 11) is 1.95. The third-order valence-corrected chi connectivity index (χ3v) is 7.22. The standard InChI is InChI=1S/C24H23Cl2N7O/c1-31-13-32(22-18(25)5-2-6-19(22)26)24(34)17-11-28-23-16(21(17)31)8-20(30-23)14-9-29-33(12-14)15-4-3-7-27-10-15/h2,5-6,8-9,11-12,15,27H,3-4,7,10,13H2,1H3,(H,28,30)/t15-/m1/s1. The monoisotopic (exact) mass is 495 g/mol. The number of aromatic amines is 1. The number of hydrogen-bond acceptors (Lipinski definition) is 5. The van der Waals surface area contributed by atoms with Crippen molar-refractivity contribution < 1.29 is 4.79 Å². The Morgan fingerprint density at radius 2 is 1.97 bits per heavy atom. The second-order valence-electron chi connectivity index (χ2n) is 8.82. The lowest BCUT2D eigenvalue weighted by Crippen LogP contribution is -2.45. The van der Waals surface area contributed by atoms with E-state index in [-0.39, 0.29) is 5.91 Å². The lowest BCUT2D eigenvalue weighted by atomic mass is 10.1. The molecule has 3 aromatic heterocycles. The average molecular weight is 496 g/mol. The quantitative estimate of drug-likeness (QED) is 0.429. The Balaban J connectivity index is 1.38. The average Bonchev–Trinajstić information content (AvgIpc) is 3.49. The molecule has 2 aliphatic heterocycles. The molecule has 1 fully saturated rings. The summed E-state index contributed by atoms with van der Waals surface area (Å²) in [5.74, 6) is -0.183. The number of anilines is 2. The normalized spacial score (nSPS) is 18.6. The number of carbonyl (C=O) groups is 1. The first-order valence-corrected chi connectivity index (χ1v) is 12.0. The van der Waals surface area contributed by atoms with Gasteiger partial charge >= 0.3 is 0 Å². The zero-order valence-electron chi connectivity index (χ0n) is 18.6. The van der Waals surface area contributed by atoms with Gasteiger partial charge in [0.25, 0.3) is 5.91 Å². The Bertz CT molecular complexity index is 1390. The minimum Gasteiger partial charge on any atom is -0.355 e. The third kappa shape index (κ3) is 3.45. The number of nitrogens with zero attached hydrogens (tertiary/aromatic N) is 5. The first-order chi connectivity index (χ1) is 16.5. The number of hydrogen-bond donors (Lipinski definition) is 2. The van der Waals surface area contributed by atoms with Gasteiger partial charge < -0.3 is 15.2 Å². The Kier molecular flexibility index (Phi) is 5.24. The molecule has 0 spiro atoms. The van der Waals surface area contributed by atoms with E-state index in [2.05, 4.69) is 26.6 Å². The van der Waals surface area contributed by atoms with E-state index in [9.17, 15) is 4.79 Å². The minimum atomic E-state index is -0.183. The van der Waals surface area contributed by atoms with Crippen LogP contribution in [0.3, 0.4) is 0 Å². The molecular formula is C24H23Cl2N7O. The van der Waals surface area contributed by atoms with Crippen LogP contribution in [-0.2, 0) is 0 Å². The molecule has 1 atom stereocenters. The Hall–Kier alpha value is -3.07. The van der Waals surface area contributed by atoms with Crippen LogP contribution in [0.2, 0.25) is 10.0 Å². The van der Waals surface area contributed by atoms with Crippen molar-refractivity contribution in [2.45, 2.75) is 18.9 Å². The van der Waals surface area contributed by atoms with Gasteiger partial charge in [0.1, 0.15) is 5.65 Å². The fourth-order valence-corrected chi connectivity index (χ4v) is 5.53. The second-order valence-corrected chi connectivity index (χ2v) is 9.63. The summed E-state index contributed by atoms with van der Waals surface area (Å²) < 4.78 is 2.04. The molecule has 4 aromatic rings. The highest BCUT2D eigenvalue weighted by molar-refractivity contribution is 6.40. The Morgan fingerprint density at radius 3 is 2.74 bits per heavy atom. The first kappa shape index (κ1) is 21.5. The van der Waals surface area contributed by atoms with E-state index in [0.29, 0.717) is 34.0 Å². The van der Waals surface area contributed by atoms with Crippen molar-refractivity contribution in [1.29, 1.82) is 0 Å². The van der Waals surface area contributed by atoms with Crippen LogP contribution >= 0.6 is 23.2 Å². The SMILES string of the molecule is CN1CN(c2c(Cl)cccc2Cl)C(=O)c2cnc3[nH]c(-c4cnn([C@@H]5CCCNC5)c4)cc3c21. The summed E-state index contributed by atoms with van der Waals surface area (Å²) in [6.07, 6.45) is 7.84. The molecule has 2 N–H and O–H groups in total. The highest BCUT2D eigenvalue weighted by Gasteiger charge is 2.33. The van der Waals surface area contributed by atoms with E-state index >= 15 is 0 Å². The summed E-state index contributed by atoms with van der Waals surface area (Å²) >= 11 is 12.8. The van der Waals surface area contributed by atoms with Crippen LogP contribution in [0.15, 0.2) is 42.9 Å². The molecule has 5 heterocycles. The Morgan fingerprint density at radius 1 is 1.15 bits per heavy atom. The number of fused-ring (bicyclic) bond motifs is 3. The molecule has 2 aliphatic rings. The van der Waals surface area contributed by atoms with Gasteiger partial charge in [-0.25, -0.2) is 4.98 Å². The van der Waals surface area contributed by atoms with Gasteiger partial charge in [0, 0.05) is 36.9 Å². The predicted octanol–water partition coefficient (Wildman–Crippen LogP) is 4.71. The van der Waals surface area contributed by atoms with Crippen LogP contribution in [-0.4, -0.2) is 52.5 Å². The number of pyridine rings is 1. The zero-order chi connectivity index (χ0) is 23.4. The number of piperidine rings is 1. The van der Waals surface area contributed by atoms with Gasteiger partial charge in [-0.3, -0.25) is 14.4 Å². The van der Waals surface area contributed by atoms with E-state index in [0.717, 1.165) is 53.9 Å². The number of rotatable bonds is 3. The number of benzene rings is 1. The van der Waals surface area contributed by atoms with Gasteiger partial charge in [-0.2, -0.15) is 5.10 Å². The highest BCUT2D eigenvalue weighted by Crippen LogP contribution is 2.40. The van der Waals surface area contributed by atoms with Crippen LogP contribution in [0.4, 0.5) is 11.4 Å². The van der Waals surface area contributed by atoms with E-state index in [1.165, 1.54) is 0 Å². The molecule has 6 rings (SSSR count). The molecule has 0 unspecified atom stereocenters. The summed E-state index contributed by atoms with van der Waals surface area (Å²) in [6.45, 7) is 2.32. The summed E-state index contributed by atoms with van der Waals surface area (Å²) in [4.78, 5) is 25.1. The van der Waals surface area contributed by atoms with E-state index in [1.54, 1.807) is 29.3 Å². The number of carbonyl (C=O) groups excluding carboxylic acids is 1. The zero-order valence-corrected chi connectivity index (χ0v) is 20.1. The molecule has 0 bridgehead atoms. The van der Waals surface area contributed by atoms with Gasteiger partial charge in [0.2, 0.25) is 0 Å². The van der Waals surface area contributed by atoms with Crippen LogP contribution in [0, 0.1) is 0 Å². The van der Waals surface area contributed by atoms with Gasteiger partial charge in [-0.05, 0) is 37.6 Å². The highest BCUT2D eigenvalue weighted by atomic mass is 35.5. The van der Waals surface area contributed by atoms with Crippen molar-refractivity contribution in [1.82, 2.24) is 25.1 Å². The maximum absolute atomic E-state index is 13.5. The van der Waals surface area contributed by atoms with Crippen molar-refractivity contribution in [3.05, 3.63) is 58.5 Å². The van der Waals surface area contributed by atoms with Crippen LogP contribution in [0.1, 0.15) is 29.2 Å². The first-order valence-electron chi connectivity index (χ1n) is 11.2.